The largest absolute Gasteiger partial charge is 0.361 e. The van der Waals surface area contributed by atoms with Crippen molar-refractivity contribution >= 4 is 15.7 Å². The minimum Gasteiger partial charge on any atom is -0.361 e. The first kappa shape index (κ1) is 18.1. The Morgan fingerprint density at radius 1 is 1.19 bits per heavy atom. The zero-order valence-corrected chi connectivity index (χ0v) is 15.0. The number of benzene rings is 1. The van der Waals surface area contributed by atoms with Gasteiger partial charge in [0.2, 0.25) is 0 Å². The quantitative estimate of drug-likeness (QED) is 0.705. The predicted molar refractivity (Wildman–Crippen MR) is 90.1 cm³/mol. The first-order valence-electron chi connectivity index (χ1n) is 7.73. The molecule has 10 heteroatoms. The van der Waals surface area contributed by atoms with Crippen LogP contribution < -0.4 is 4.72 Å². The zero-order valence-electron chi connectivity index (χ0n) is 14.2. The first-order chi connectivity index (χ1) is 12.2. The summed E-state index contributed by atoms with van der Waals surface area (Å²) >= 11 is 0. The van der Waals surface area contributed by atoms with Crippen molar-refractivity contribution in [3.05, 3.63) is 47.0 Å². The molecule has 0 amide bonds. The van der Waals surface area contributed by atoms with E-state index in [-0.39, 0.29) is 22.0 Å². The maximum absolute atomic E-state index is 13.4. The molecule has 3 aromatic rings. The van der Waals surface area contributed by atoms with Gasteiger partial charge in [0.1, 0.15) is 4.90 Å². The van der Waals surface area contributed by atoms with Crippen LogP contribution in [0.25, 0.3) is 11.5 Å². The summed E-state index contributed by atoms with van der Waals surface area (Å²) in [6, 6.07) is 2.74. The SMILES string of the molecule is CCc1noc(-c2c(C)[nH]c(C)c2S(=O)(=O)Nc2ccc(F)c(F)c2)n1. The maximum atomic E-state index is 13.4. The fourth-order valence-electron chi connectivity index (χ4n) is 2.62. The van der Waals surface area contributed by atoms with Crippen LogP contribution in [0.5, 0.6) is 0 Å². The summed E-state index contributed by atoms with van der Waals surface area (Å²) in [7, 11) is -4.13. The number of nitrogens with zero attached hydrogens (tertiary/aromatic N) is 2. The lowest BCUT2D eigenvalue weighted by molar-refractivity contribution is 0.422. The van der Waals surface area contributed by atoms with Crippen molar-refractivity contribution < 1.29 is 21.7 Å². The van der Waals surface area contributed by atoms with E-state index in [1.165, 1.54) is 0 Å². The first-order valence-corrected chi connectivity index (χ1v) is 9.21. The minimum atomic E-state index is -4.13. The van der Waals surface area contributed by atoms with Crippen molar-refractivity contribution in [2.45, 2.75) is 32.1 Å². The van der Waals surface area contributed by atoms with E-state index in [9.17, 15) is 17.2 Å². The van der Waals surface area contributed by atoms with Crippen molar-refractivity contribution in [1.29, 1.82) is 0 Å². The Labute approximate surface area is 148 Å². The molecular weight excluding hydrogens is 366 g/mol. The summed E-state index contributed by atoms with van der Waals surface area (Å²) in [5.74, 6) is -1.72. The van der Waals surface area contributed by atoms with E-state index in [2.05, 4.69) is 19.8 Å². The highest BCUT2D eigenvalue weighted by molar-refractivity contribution is 7.93. The molecular formula is C16H16F2N4O3S. The van der Waals surface area contributed by atoms with Crippen molar-refractivity contribution in [2.24, 2.45) is 0 Å². The van der Waals surface area contributed by atoms with Crippen molar-refractivity contribution in [3.63, 3.8) is 0 Å². The van der Waals surface area contributed by atoms with Crippen molar-refractivity contribution in [3.8, 4) is 11.5 Å². The third-order valence-electron chi connectivity index (χ3n) is 3.76. The van der Waals surface area contributed by atoms with Crippen LogP contribution in [0.3, 0.4) is 0 Å². The molecule has 0 saturated carbocycles. The summed E-state index contributed by atoms with van der Waals surface area (Å²) in [5, 5.41) is 3.78. The summed E-state index contributed by atoms with van der Waals surface area (Å²) in [4.78, 5) is 7.02. The normalized spacial score (nSPS) is 11.7. The Morgan fingerprint density at radius 2 is 1.92 bits per heavy atom. The van der Waals surface area contributed by atoms with Crippen LogP contribution in [-0.4, -0.2) is 23.5 Å². The van der Waals surface area contributed by atoms with Crippen LogP contribution in [0.2, 0.25) is 0 Å². The lowest BCUT2D eigenvalue weighted by atomic mass is 10.2. The van der Waals surface area contributed by atoms with E-state index in [4.69, 9.17) is 4.52 Å². The van der Waals surface area contributed by atoms with Gasteiger partial charge in [0.15, 0.2) is 17.5 Å². The van der Waals surface area contributed by atoms with Gasteiger partial charge < -0.3 is 9.51 Å². The van der Waals surface area contributed by atoms with Crippen LogP contribution in [0.1, 0.15) is 24.1 Å². The summed E-state index contributed by atoms with van der Waals surface area (Å²) in [6.45, 7) is 5.09. The molecule has 138 valence electrons. The monoisotopic (exact) mass is 382 g/mol. The number of nitrogens with one attached hydrogen (secondary N) is 2. The van der Waals surface area contributed by atoms with Gasteiger partial charge in [-0.1, -0.05) is 12.1 Å². The van der Waals surface area contributed by atoms with Gasteiger partial charge in [-0.3, -0.25) is 4.72 Å². The van der Waals surface area contributed by atoms with Gasteiger partial charge in [-0.15, -0.1) is 0 Å². The molecule has 0 unspecified atom stereocenters. The molecule has 2 N–H and O–H groups in total. The minimum absolute atomic E-state index is 0.0642. The standard InChI is InChI=1S/C16H16F2N4O3S/c1-4-13-20-16(25-21-13)14-8(2)19-9(3)15(14)26(23,24)22-10-5-6-11(17)12(18)7-10/h5-7,19,22H,4H2,1-3H3. The molecule has 1 aromatic carbocycles. The second kappa shape index (κ2) is 6.52. The topological polar surface area (TPSA) is 101 Å². The molecule has 0 saturated heterocycles. The lowest BCUT2D eigenvalue weighted by Crippen LogP contribution is -2.14. The Balaban J connectivity index is 2.08. The van der Waals surface area contributed by atoms with Gasteiger partial charge >= 0.3 is 0 Å². The van der Waals surface area contributed by atoms with Gasteiger partial charge in [0.05, 0.1) is 11.3 Å². The molecule has 0 aliphatic carbocycles. The summed E-state index contributed by atoms with van der Waals surface area (Å²) < 4.78 is 59.6. The Kier molecular flexibility index (Phi) is 4.53. The van der Waals surface area contributed by atoms with E-state index in [1.54, 1.807) is 13.8 Å². The molecule has 0 bridgehead atoms. The highest BCUT2D eigenvalue weighted by atomic mass is 32.2. The number of rotatable bonds is 5. The van der Waals surface area contributed by atoms with Gasteiger partial charge in [-0.2, -0.15) is 4.98 Å². The van der Waals surface area contributed by atoms with E-state index >= 15 is 0 Å². The van der Waals surface area contributed by atoms with Crippen LogP contribution in [0, 0.1) is 25.5 Å². The smallest absolute Gasteiger partial charge is 0.264 e. The molecule has 0 aliphatic rings. The van der Waals surface area contributed by atoms with Gasteiger partial charge in [0.25, 0.3) is 15.9 Å². The number of anilines is 1. The molecule has 0 spiro atoms. The predicted octanol–water partition coefficient (Wildman–Crippen LogP) is 3.32. The lowest BCUT2D eigenvalue weighted by Gasteiger charge is -2.09. The number of aryl methyl sites for hydroxylation is 3. The van der Waals surface area contributed by atoms with Crippen LogP contribution >= 0.6 is 0 Å². The van der Waals surface area contributed by atoms with E-state index in [0.717, 1.165) is 18.2 Å². The van der Waals surface area contributed by atoms with Gasteiger partial charge in [0, 0.05) is 23.9 Å². The zero-order chi connectivity index (χ0) is 19.1. The fourth-order valence-corrected chi connectivity index (χ4v) is 4.12. The molecule has 2 aromatic heterocycles. The Morgan fingerprint density at radius 3 is 2.54 bits per heavy atom. The second-order valence-corrected chi connectivity index (χ2v) is 7.30. The van der Waals surface area contributed by atoms with E-state index < -0.39 is 21.7 Å². The number of halogens is 2. The van der Waals surface area contributed by atoms with Crippen molar-refractivity contribution in [1.82, 2.24) is 15.1 Å². The number of hydrogen-bond donors (Lipinski definition) is 2. The fraction of sp³-hybridized carbons (Fsp3) is 0.250. The van der Waals surface area contributed by atoms with Crippen LogP contribution in [0.4, 0.5) is 14.5 Å². The molecule has 7 nitrogen and oxygen atoms in total. The molecule has 26 heavy (non-hydrogen) atoms. The number of aromatic amines is 1. The van der Waals surface area contributed by atoms with Crippen LogP contribution in [0.15, 0.2) is 27.6 Å². The average Bonchev–Trinajstić information content (AvgIpc) is 3.14. The summed E-state index contributed by atoms with van der Waals surface area (Å²) in [6.07, 6.45) is 0.529. The third kappa shape index (κ3) is 3.19. The number of H-pyrrole nitrogens is 1. The van der Waals surface area contributed by atoms with E-state index in [1.807, 2.05) is 6.92 Å². The molecule has 3 rings (SSSR count). The number of aromatic nitrogens is 3. The number of hydrogen-bond acceptors (Lipinski definition) is 5. The highest BCUT2D eigenvalue weighted by Gasteiger charge is 2.29. The molecule has 0 radical (unpaired) electrons. The molecule has 0 fully saturated rings. The molecule has 2 heterocycles. The second-order valence-electron chi connectivity index (χ2n) is 5.68. The van der Waals surface area contributed by atoms with E-state index in [0.29, 0.717) is 23.6 Å². The third-order valence-corrected chi connectivity index (χ3v) is 5.31. The average molecular weight is 382 g/mol. The van der Waals surface area contributed by atoms with Crippen molar-refractivity contribution in [2.75, 3.05) is 4.72 Å². The molecule has 0 atom stereocenters. The van der Waals surface area contributed by atoms with Gasteiger partial charge in [-0.25, -0.2) is 17.2 Å². The Hall–Kier alpha value is -2.75. The number of sulfonamides is 1. The van der Waals surface area contributed by atoms with Crippen LogP contribution in [-0.2, 0) is 16.4 Å². The maximum Gasteiger partial charge on any atom is 0.264 e. The molecule has 0 aliphatic heterocycles. The highest BCUT2D eigenvalue weighted by Crippen LogP contribution is 2.33. The Bertz CT molecular complexity index is 1070. The van der Waals surface area contributed by atoms with Gasteiger partial charge in [-0.05, 0) is 26.0 Å². The summed E-state index contributed by atoms with van der Waals surface area (Å²) in [5.41, 5.74) is 1.01.